The number of hydrogen-bond donors (Lipinski definition) is 2. The highest BCUT2D eigenvalue weighted by Crippen LogP contribution is 2.43. The smallest absolute Gasteiger partial charge is 0.127 e. The van der Waals surface area contributed by atoms with Crippen LogP contribution in [0.5, 0.6) is 0 Å². The van der Waals surface area contributed by atoms with Gasteiger partial charge in [0, 0.05) is 12.3 Å². The lowest BCUT2D eigenvalue weighted by Crippen LogP contribution is -3.19. The molecule has 2 bridgehead atoms. The molecule has 2 N–H and O–H groups in total. The van der Waals surface area contributed by atoms with Gasteiger partial charge in [0.15, 0.2) is 0 Å². The van der Waals surface area contributed by atoms with Gasteiger partial charge in [-0.25, -0.2) is 0 Å². The molecule has 0 aromatic heterocycles. The average molecular weight is 198 g/mol. The quantitative estimate of drug-likeness (QED) is 0.564. The normalized spacial score (nSPS) is 38.1. The molecule has 1 unspecified atom stereocenters. The Morgan fingerprint density at radius 3 is 2.29 bits per heavy atom. The van der Waals surface area contributed by atoms with Gasteiger partial charge in [-0.15, -0.1) is 0 Å². The molecule has 14 heavy (non-hydrogen) atoms. The highest BCUT2D eigenvalue weighted by molar-refractivity contribution is 4.89. The van der Waals surface area contributed by atoms with E-state index in [0.29, 0.717) is 0 Å². The van der Waals surface area contributed by atoms with Crippen molar-refractivity contribution < 1.29 is 9.80 Å². The Hall–Kier alpha value is -0.0800. The molecule has 2 aliphatic rings. The maximum atomic E-state index is 2.41. The fraction of sp³-hybridized carbons (Fsp3) is 1.00. The molecule has 2 saturated carbocycles. The van der Waals surface area contributed by atoms with E-state index in [4.69, 9.17) is 0 Å². The van der Waals surface area contributed by atoms with E-state index in [1.54, 1.807) is 16.2 Å². The summed E-state index contributed by atoms with van der Waals surface area (Å²) in [5.41, 5.74) is 0. The van der Waals surface area contributed by atoms with Gasteiger partial charge in [0.25, 0.3) is 0 Å². The van der Waals surface area contributed by atoms with E-state index in [9.17, 15) is 0 Å². The van der Waals surface area contributed by atoms with E-state index in [0.717, 1.165) is 17.9 Å². The van der Waals surface area contributed by atoms with Crippen LogP contribution in [-0.4, -0.2) is 40.3 Å². The zero-order valence-electron chi connectivity index (χ0n) is 9.97. The molecule has 0 spiro atoms. The summed E-state index contributed by atoms with van der Waals surface area (Å²) in [6, 6.07) is 1.01. The van der Waals surface area contributed by atoms with Crippen LogP contribution in [0.3, 0.4) is 0 Å². The molecule has 2 rings (SSSR count). The zero-order valence-corrected chi connectivity index (χ0v) is 9.97. The van der Waals surface area contributed by atoms with Gasteiger partial charge in [0.05, 0.1) is 27.2 Å². The monoisotopic (exact) mass is 198 g/mol. The molecule has 0 amide bonds. The summed E-state index contributed by atoms with van der Waals surface area (Å²) in [4.78, 5) is 3.39. The average Bonchev–Trinajstić information content (AvgIpc) is 2.74. The Morgan fingerprint density at radius 1 is 1.00 bits per heavy atom. The summed E-state index contributed by atoms with van der Waals surface area (Å²) in [7, 11) is 6.93. The van der Waals surface area contributed by atoms with E-state index in [1.165, 1.54) is 32.4 Å². The van der Waals surface area contributed by atoms with Crippen molar-refractivity contribution in [1.82, 2.24) is 0 Å². The molecule has 0 saturated heterocycles. The summed E-state index contributed by atoms with van der Waals surface area (Å²) in [6.07, 6.45) is 6.14. The van der Waals surface area contributed by atoms with Crippen molar-refractivity contribution in [3.05, 3.63) is 0 Å². The maximum absolute atomic E-state index is 2.41. The van der Waals surface area contributed by atoms with Gasteiger partial charge in [0.2, 0.25) is 0 Å². The predicted molar refractivity (Wildman–Crippen MR) is 58.7 cm³/mol. The fourth-order valence-electron chi connectivity index (χ4n) is 3.48. The van der Waals surface area contributed by atoms with Crippen molar-refractivity contribution in [1.29, 1.82) is 0 Å². The number of hydrogen-bond acceptors (Lipinski definition) is 0. The van der Waals surface area contributed by atoms with Crippen LogP contribution in [0.25, 0.3) is 0 Å². The Labute approximate surface area is 88.3 Å². The third kappa shape index (κ3) is 2.12. The molecule has 0 aromatic carbocycles. The molecule has 2 aliphatic carbocycles. The van der Waals surface area contributed by atoms with Crippen molar-refractivity contribution in [2.24, 2.45) is 11.8 Å². The third-order valence-electron chi connectivity index (χ3n) is 4.39. The second-order valence-corrected chi connectivity index (χ2v) is 5.83. The first kappa shape index (κ1) is 10.4. The number of fused-ring (bicyclic) bond motifs is 2. The van der Waals surface area contributed by atoms with Gasteiger partial charge >= 0.3 is 0 Å². The summed E-state index contributed by atoms with van der Waals surface area (Å²) >= 11 is 0. The van der Waals surface area contributed by atoms with Gasteiger partial charge in [-0.2, -0.15) is 0 Å². The van der Waals surface area contributed by atoms with Crippen molar-refractivity contribution in [2.75, 3.05) is 34.2 Å². The van der Waals surface area contributed by atoms with E-state index < -0.39 is 0 Å². The van der Waals surface area contributed by atoms with Crippen molar-refractivity contribution in [3.8, 4) is 0 Å². The molecule has 0 radical (unpaired) electrons. The summed E-state index contributed by atoms with van der Waals surface area (Å²) < 4.78 is 0. The Bertz CT molecular complexity index is 191. The molecule has 2 fully saturated rings. The SMILES string of the molecule is C[NH+](C)CC[NH+](C)[C@H]1C[C@@H]2CC[C@@H]1C2. The number of rotatable bonds is 4. The second kappa shape index (κ2) is 4.19. The topological polar surface area (TPSA) is 8.88 Å². The lowest BCUT2D eigenvalue weighted by atomic mass is 9.94. The minimum absolute atomic E-state index is 1.01. The summed E-state index contributed by atoms with van der Waals surface area (Å²) in [5.74, 6) is 2.18. The van der Waals surface area contributed by atoms with Crippen molar-refractivity contribution in [2.45, 2.75) is 31.7 Å². The van der Waals surface area contributed by atoms with Gasteiger partial charge in [-0.1, -0.05) is 0 Å². The van der Waals surface area contributed by atoms with Crippen LogP contribution in [0.1, 0.15) is 25.7 Å². The minimum Gasteiger partial charge on any atom is -0.335 e. The largest absolute Gasteiger partial charge is 0.335 e. The van der Waals surface area contributed by atoms with Crippen molar-refractivity contribution >= 4 is 0 Å². The molecule has 82 valence electrons. The van der Waals surface area contributed by atoms with Crippen LogP contribution in [-0.2, 0) is 0 Å². The van der Waals surface area contributed by atoms with Crippen LogP contribution in [0.15, 0.2) is 0 Å². The number of nitrogens with one attached hydrogen (secondary N) is 2. The molecule has 0 aromatic rings. The number of quaternary nitrogens is 2. The Morgan fingerprint density at radius 2 is 1.79 bits per heavy atom. The third-order valence-corrected chi connectivity index (χ3v) is 4.39. The van der Waals surface area contributed by atoms with Gasteiger partial charge < -0.3 is 9.80 Å². The molecule has 2 nitrogen and oxygen atoms in total. The highest BCUT2D eigenvalue weighted by Gasteiger charge is 2.43. The predicted octanol–water partition coefficient (Wildman–Crippen LogP) is -1.17. The van der Waals surface area contributed by atoms with Crippen molar-refractivity contribution in [3.63, 3.8) is 0 Å². The van der Waals surface area contributed by atoms with E-state index in [-0.39, 0.29) is 0 Å². The number of likely N-dealkylation sites (N-methyl/N-ethyl adjacent to an activating group) is 2. The van der Waals surface area contributed by atoms with Gasteiger partial charge in [-0.05, 0) is 25.2 Å². The first-order valence-corrected chi connectivity index (χ1v) is 6.28. The standard InChI is InChI=1S/C12H24N2/c1-13(2)6-7-14(3)12-9-10-4-5-11(12)8-10/h10-12H,4-9H2,1-3H3/p+2/t10-,11-,12+/m1/s1. The first-order valence-electron chi connectivity index (χ1n) is 6.28. The summed E-state index contributed by atoms with van der Waals surface area (Å²) in [5, 5.41) is 0. The van der Waals surface area contributed by atoms with Crippen LogP contribution in [0, 0.1) is 11.8 Å². The molecule has 2 heteroatoms. The molecule has 0 heterocycles. The van der Waals surface area contributed by atoms with Gasteiger partial charge in [0.1, 0.15) is 13.1 Å². The van der Waals surface area contributed by atoms with E-state index in [2.05, 4.69) is 21.1 Å². The second-order valence-electron chi connectivity index (χ2n) is 5.83. The zero-order chi connectivity index (χ0) is 10.1. The lowest BCUT2D eigenvalue weighted by Gasteiger charge is -2.28. The van der Waals surface area contributed by atoms with Crippen LogP contribution >= 0.6 is 0 Å². The highest BCUT2D eigenvalue weighted by atomic mass is 15.2. The van der Waals surface area contributed by atoms with Crippen LogP contribution in [0.4, 0.5) is 0 Å². The fourth-order valence-corrected chi connectivity index (χ4v) is 3.48. The first-order chi connectivity index (χ1) is 6.66. The molecule has 0 aliphatic heterocycles. The molecular weight excluding hydrogens is 172 g/mol. The Kier molecular flexibility index (Phi) is 3.13. The van der Waals surface area contributed by atoms with E-state index in [1.807, 2.05) is 0 Å². The minimum atomic E-state index is 1.01. The van der Waals surface area contributed by atoms with Gasteiger partial charge in [-0.3, -0.25) is 0 Å². The van der Waals surface area contributed by atoms with E-state index >= 15 is 0 Å². The summed E-state index contributed by atoms with van der Waals surface area (Å²) in [6.45, 7) is 2.68. The molecule has 4 atom stereocenters. The van der Waals surface area contributed by atoms with Crippen LogP contribution < -0.4 is 9.80 Å². The van der Waals surface area contributed by atoms with Crippen LogP contribution in [0.2, 0.25) is 0 Å². The maximum Gasteiger partial charge on any atom is 0.127 e. The Balaban J connectivity index is 1.78. The lowest BCUT2D eigenvalue weighted by molar-refractivity contribution is -0.947. The molecular formula is C12H26N2+2.